The minimum atomic E-state index is 0.901. The van der Waals surface area contributed by atoms with Crippen LogP contribution in [0.3, 0.4) is 0 Å². The second-order valence-electron chi connectivity index (χ2n) is 7.15. The number of aromatic nitrogens is 4. The summed E-state index contributed by atoms with van der Waals surface area (Å²) in [4.78, 5) is 16.4. The molecule has 1 saturated heterocycles. The maximum Gasteiger partial charge on any atom is 0.226 e. The van der Waals surface area contributed by atoms with Crippen molar-refractivity contribution in [1.82, 2.24) is 19.5 Å². The number of nitrogens with one attached hydrogen (secondary N) is 1. The molecule has 0 bridgehead atoms. The fourth-order valence-electron chi connectivity index (χ4n) is 3.60. The van der Waals surface area contributed by atoms with Gasteiger partial charge in [-0.15, -0.1) is 0 Å². The maximum atomic E-state index is 4.96. The molecule has 1 N–H and O–H groups in total. The molecule has 2 aliphatic rings. The maximum absolute atomic E-state index is 4.96. The molecule has 1 aliphatic heterocycles. The van der Waals surface area contributed by atoms with Gasteiger partial charge in [-0.1, -0.05) is 12.1 Å². The molecule has 1 aliphatic carbocycles. The van der Waals surface area contributed by atoms with Gasteiger partial charge in [-0.3, -0.25) is 0 Å². The molecular formula is C20H22N6S. The molecule has 1 fully saturated rings. The van der Waals surface area contributed by atoms with Gasteiger partial charge in [0.1, 0.15) is 5.03 Å². The van der Waals surface area contributed by atoms with Gasteiger partial charge in [-0.25, -0.2) is 15.0 Å². The quantitative estimate of drug-likeness (QED) is 0.683. The van der Waals surface area contributed by atoms with E-state index in [2.05, 4.69) is 38.9 Å². The Labute approximate surface area is 163 Å². The average molecular weight is 379 g/mol. The highest BCUT2D eigenvalue weighted by Crippen LogP contribution is 2.34. The first-order valence-electron chi connectivity index (χ1n) is 9.42. The van der Waals surface area contributed by atoms with Crippen molar-refractivity contribution >= 4 is 23.6 Å². The van der Waals surface area contributed by atoms with Crippen molar-refractivity contribution < 1.29 is 0 Å². The topological polar surface area (TPSA) is 58.9 Å². The van der Waals surface area contributed by atoms with Crippen LogP contribution in [0.4, 0.5) is 11.6 Å². The summed E-state index contributed by atoms with van der Waals surface area (Å²) in [7, 11) is 1.98. The highest BCUT2D eigenvalue weighted by atomic mass is 32.2. The summed E-state index contributed by atoms with van der Waals surface area (Å²) in [6.07, 6.45) is 8.36. The molecule has 0 spiro atoms. The van der Waals surface area contributed by atoms with Gasteiger partial charge in [0.25, 0.3) is 0 Å². The molecule has 2 aromatic heterocycles. The number of hydrogen-bond acceptors (Lipinski definition) is 6. The largest absolute Gasteiger partial charge is 0.341 e. The van der Waals surface area contributed by atoms with Gasteiger partial charge in [-0.05, 0) is 37.8 Å². The molecule has 0 unspecified atom stereocenters. The first kappa shape index (κ1) is 16.6. The van der Waals surface area contributed by atoms with Crippen molar-refractivity contribution in [2.75, 3.05) is 22.7 Å². The molecule has 1 aromatic carbocycles. The van der Waals surface area contributed by atoms with E-state index in [-0.39, 0.29) is 0 Å². The fourth-order valence-corrected chi connectivity index (χ4v) is 4.27. The van der Waals surface area contributed by atoms with Gasteiger partial charge in [0, 0.05) is 60.8 Å². The van der Waals surface area contributed by atoms with E-state index < -0.39 is 0 Å². The number of rotatable bonds is 5. The van der Waals surface area contributed by atoms with Crippen molar-refractivity contribution in [2.45, 2.75) is 30.7 Å². The molecule has 138 valence electrons. The van der Waals surface area contributed by atoms with Gasteiger partial charge in [0.2, 0.25) is 5.95 Å². The van der Waals surface area contributed by atoms with Gasteiger partial charge < -0.3 is 14.2 Å². The van der Waals surface area contributed by atoms with E-state index in [0.29, 0.717) is 0 Å². The Balaban J connectivity index is 1.45. The number of imidazole rings is 1. The van der Waals surface area contributed by atoms with Crippen molar-refractivity contribution in [3.8, 4) is 11.3 Å². The van der Waals surface area contributed by atoms with Crippen LogP contribution in [0.2, 0.25) is 0 Å². The van der Waals surface area contributed by atoms with Gasteiger partial charge in [0.05, 0.1) is 12.0 Å². The first-order valence-corrected chi connectivity index (χ1v) is 10.2. The van der Waals surface area contributed by atoms with E-state index in [1.807, 2.05) is 24.1 Å². The molecular weight excluding hydrogens is 356 g/mol. The molecule has 7 heteroatoms. The summed E-state index contributed by atoms with van der Waals surface area (Å²) in [5, 5.41) is 0.950. The lowest BCUT2D eigenvalue weighted by Gasteiger charge is -2.31. The van der Waals surface area contributed by atoms with Crippen LogP contribution >= 0.6 is 11.9 Å². The van der Waals surface area contributed by atoms with Crippen LogP contribution in [0.5, 0.6) is 0 Å². The number of aryl methyl sites for hydroxylation is 2. The number of benzene rings is 1. The van der Waals surface area contributed by atoms with Gasteiger partial charge in [-0.2, -0.15) is 0 Å². The molecule has 0 atom stereocenters. The Bertz CT molecular complexity index is 978. The Kier molecular flexibility index (Phi) is 4.24. The summed E-state index contributed by atoms with van der Waals surface area (Å²) in [6.45, 7) is 2.14. The normalized spacial score (nSPS) is 15.5. The summed E-state index contributed by atoms with van der Waals surface area (Å²) in [6, 6.07) is 8.49. The zero-order valence-electron chi connectivity index (χ0n) is 15.4. The zero-order chi connectivity index (χ0) is 18.2. The van der Waals surface area contributed by atoms with Crippen LogP contribution in [-0.4, -0.2) is 32.6 Å². The smallest absolute Gasteiger partial charge is 0.226 e. The number of hydrogen-bond donors (Lipinski definition) is 1. The van der Waals surface area contributed by atoms with E-state index in [0.717, 1.165) is 53.9 Å². The van der Waals surface area contributed by atoms with Crippen LogP contribution in [0.15, 0.2) is 41.8 Å². The van der Waals surface area contributed by atoms with E-state index in [1.54, 1.807) is 0 Å². The third kappa shape index (κ3) is 3.27. The third-order valence-corrected chi connectivity index (χ3v) is 5.91. The molecule has 3 heterocycles. The van der Waals surface area contributed by atoms with Crippen LogP contribution in [0.25, 0.3) is 11.3 Å². The van der Waals surface area contributed by atoms with Crippen LogP contribution in [0.1, 0.15) is 24.1 Å². The fraction of sp³-hybridized carbons (Fsp3) is 0.350. The van der Waals surface area contributed by atoms with Gasteiger partial charge >= 0.3 is 0 Å². The SMILES string of the molecule is Cn1cnc(SNc2cccc(-c3nc(N4CCC4)nc4c3CCC4)c2)c1. The van der Waals surface area contributed by atoms with Crippen LogP contribution in [-0.2, 0) is 19.9 Å². The number of anilines is 2. The Morgan fingerprint density at radius 1 is 1.11 bits per heavy atom. The first-order chi connectivity index (χ1) is 13.3. The zero-order valence-corrected chi connectivity index (χ0v) is 16.2. The van der Waals surface area contributed by atoms with Crippen molar-refractivity contribution in [1.29, 1.82) is 0 Å². The van der Waals surface area contributed by atoms with Crippen molar-refractivity contribution in [3.05, 3.63) is 48.0 Å². The summed E-state index contributed by atoms with van der Waals surface area (Å²) in [5.74, 6) is 0.901. The van der Waals surface area contributed by atoms with E-state index in [4.69, 9.17) is 9.97 Å². The second kappa shape index (κ2) is 6.88. The number of nitrogens with zero attached hydrogens (tertiary/aromatic N) is 5. The molecule has 5 rings (SSSR count). The lowest BCUT2D eigenvalue weighted by Crippen LogP contribution is -2.38. The van der Waals surface area contributed by atoms with E-state index in [1.165, 1.54) is 36.0 Å². The summed E-state index contributed by atoms with van der Waals surface area (Å²) >= 11 is 1.52. The second-order valence-corrected chi connectivity index (χ2v) is 7.98. The molecule has 0 saturated carbocycles. The Morgan fingerprint density at radius 2 is 2.04 bits per heavy atom. The van der Waals surface area contributed by atoms with Crippen molar-refractivity contribution in [2.24, 2.45) is 7.05 Å². The van der Waals surface area contributed by atoms with E-state index in [9.17, 15) is 0 Å². The molecule has 6 nitrogen and oxygen atoms in total. The third-order valence-electron chi connectivity index (χ3n) is 5.15. The van der Waals surface area contributed by atoms with E-state index >= 15 is 0 Å². The predicted molar refractivity (Wildman–Crippen MR) is 109 cm³/mol. The molecule has 3 aromatic rings. The summed E-state index contributed by atoms with van der Waals surface area (Å²) < 4.78 is 5.35. The predicted octanol–water partition coefficient (Wildman–Crippen LogP) is 3.70. The average Bonchev–Trinajstić information content (AvgIpc) is 3.27. The molecule has 0 amide bonds. The minimum absolute atomic E-state index is 0.901. The lowest BCUT2D eigenvalue weighted by molar-refractivity contribution is 0.599. The van der Waals surface area contributed by atoms with Crippen molar-refractivity contribution in [3.63, 3.8) is 0 Å². The Hall–Kier alpha value is -2.54. The lowest BCUT2D eigenvalue weighted by atomic mass is 10.0. The standard InChI is InChI=1S/C20H22N6S/c1-25-12-18(21-13-25)27-24-15-6-2-5-14(11-15)19-16-7-3-8-17(16)22-20(23-19)26-9-4-10-26/h2,5-6,11-13,24H,3-4,7-10H2,1H3. The minimum Gasteiger partial charge on any atom is -0.341 e. The van der Waals surface area contributed by atoms with Crippen LogP contribution in [0, 0.1) is 0 Å². The monoisotopic (exact) mass is 378 g/mol. The highest BCUT2D eigenvalue weighted by Gasteiger charge is 2.24. The van der Waals surface area contributed by atoms with Gasteiger partial charge in [0.15, 0.2) is 0 Å². The highest BCUT2D eigenvalue weighted by molar-refractivity contribution is 8.00. The molecule has 27 heavy (non-hydrogen) atoms. The number of fused-ring (bicyclic) bond motifs is 1. The van der Waals surface area contributed by atoms with Crippen LogP contribution < -0.4 is 9.62 Å². The summed E-state index contributed by atoms with van der Waals surface area (Å²) in [5.41, 5.74) is 5.88. The Morgan fingerprint density at radius 3 is 2.81 bits per heavy atom. The molecule has 0 radical (unpaired) electrons.